The largest absolute Gasteiger partial charge is 0.376 e. The average Bonchev–Trinajstić information content (AvgIpc) is 2.39. The molecule has 0 atom stereocenters. The van der Waals surface area contributed by atoms with Crippen molar-refractivity contribution in [3.63, 3.8) is 0 Å². The summed E-state index contributed by atoms with van der Waals surface area (Å²) in [5, 5.41) is 0.416. The summed E-state index contributed by atoms with van der Waals surface area (Å²) in [6.45, 7) is 1.10. The number of aromatic nitrogens is 2. The predicted octanol–water partition coefficient (Wildman–Crippen LogP) is 3.01. The lowest BCUT2D eigenvalue weighted by molar-refractivity contribution is 0.109. The first-order valence-corrected chi connectivity index (χ1v) is 6.01. The van der Waals surface area contributed by atoms with Crippen molar-refractivity contribution < 1.29 is 9.13 Å². The number of halogens is 2. The third kappa shape index (κ3) is 2.09. The monoisotopic (exact) mass is 264 g/mol. The first-order valence-electron chi connectivity index (χ1n) is 5.63. The second kappa shape index (κ2) is 4.63. The van der Waals surface area contributed by atoms with Gasteiger partial charge in [0.05, 0.1) is 18.9 Å². The zero-order valence-electron chi connectivity index (χ0n) is 9.49. The average molecular weight is 265 g/mol. The van der Waals surface area contributed by atoms with Crippen LogP contribution in [0.15, 0.2) is 24.3 Å². The van der Waals surface area contributed by atoms with Crippen LogP contribution in [0.5, 0.6) is 0 Å². The molecule has 3 nitrogen and oxygen atoms in total. The summed E-state index contributed by atoms with van der Waals surface area (Å²) >= 11 is 6.12. The molecule has 2 aromatic rings. The van der Waals surface area contributed by atoms with Crippen LogP contribution in [-0.4, -0.2) is 16.6 Å². The van der Waals surface area contributed by atoms with E-state index < -0.39 is 0 Å². The lowest BCUT2D eigenvalue weighted by Gasteiger charge is -2.17. The van der Waals surface area contributed by atoms with Crippen molar-refractivity contribution in [2.45, 2.75) is 13.0 Å². The van der Waals surface area contributed by atoms with E-state index in [2.05, 4.69) is 9.97 Å². The van der Waals surface area contributed by atoms with Gasteiger partial charge in [0.2, 0.25) is 0 Å². The van der Waals surface area contributed by atoms with Gasteiger partial charge in [-0.25, -0.2) is 14.4 Å². The second-order valence-corrected chi connectivity index (χ2v) is 4.43. The highest BCUT2D eigenvalue weighted by molar-refractivity contribution is 6.30. The molecule has 0 bridgehead atoms. The lowest BCUT2D eigenvalue weighted by atomic mass is 10.1. The quantitative estimate of drug-likeness (QED) is 0.743. The highest BCUT2D eigenvalue weighted by Gasteiger charge is 2.17. The molecule has 0 aliphatic carbocycles. The highest BCUT2D eigenvalue weighted by Crippen LogP contribution is 2.25. The molecule has 2 heterocycles. The zero-order chi connectivity index (χ0) is 12.5. The van der Waals surface area contributed by atoms with E-state index in [0.717, 1.165) is 23.2 Å². The van der Waals surface area contributed by atoms with E-state index in [1.807, 2.05) is 0 Å². The highest BCUT2D eigenvalue weighted by atomic mass is 35.5. The summed E-state index contributed by atoms with van der Waals surface area (Å²) in [5.74, 6) is 0.247. The van der Waals surface area contributed by atoms with Crippen LogP contribution in [0, 0.1) is 5.82 Å². The fourth-order valence-electron chi connectivity index (χ4n) is 1.92. The number of fused-ring (bicyclic) bond motifs is 1. The topological polar surface area (TPSA) is 35.0 Å². The smallest absolute Gasteiger partial charge is 0.161 e. The summed E-state index contributed by atoms with van der Waals surface area (Å²) in [6, 6.07) is 6.06. The van der Waals surface area contributed by atoms with Crippen molar-refractivity contribution in [3.8, 4) is 11.4 Å². The van der Waals surface area contributed by atoms with E-state index in [9.17, 15) is 4.39 Å². The van der Waals surface area contributed by atoms with Gasteiger partial charge in [0.15, 0.2) is 5.82 Å². The Bertz CT molecular complexity index is 586. The Kier molecular flexibility index (Phi) is 2.97. The minimum Gasteiger partial charge on any atom is -0.376 e. The molecule has 3 rings (SSSR count). The van der Waals surface area contributed by atoms with E-state index in [1.54, 1.807) is 12.1 Å². The molecule has 1 aliphatic rings. The molecule has 0 N–H and O–H groups in total. The Hall–Kier alpha value is -1.52. The van der Waals surface area contributed by atoms with Crippen LogP contribution in [0.1, 0.15) is 11.3 Å². The van der Waals surface area contributed by atoms with Crippen molar-refractivity contribution in [1.29, 1.82) is 0 Å². The maximum atomic E-state index is 12.9. The SMILES string of the molecule is Fc1ccc(-c2nc(Cl)c3c(n2)CCOC3)cc1. The van der Waals surface area contributed by atoms with Gasteiger partial charge in [-0.3, -0.25) is 0 Å². The molecular formula is C13H10ClFN2O. The van der Waals surface area contributed by atoms with Gasteiger partial charge in [0.25, 0.3) is 0 Å². The third-order valence-electron chi connectivity index (χ3n) is 2.87. The Balaban J connectivity index is 2.08. The molecule has 1 aliphatic heterocycles. The fourth-order valence-corrected chi connectivity index (χ4v) is 2.16. The zero-order valence-corrected chi connectivity index (χ0v) is 10.2. The Labute approximate surface area is 109 Å². The Morgan fingerprint density at radius 2 is 1.94 bits per heavy atom. The van der Waals surface area contributed by atoms with Crippen LogP contribution in [0.3, 0.4) is 0 Å². The van der Waals surface area contributed by atoms with Crippen LogP contribution < -0.4 is 0 Å². The number of rotatable bonds is 1. The van der Waals surface area contributed by atoms with Crippen LogP contribution in [-0.2, 0) is 17.8 Å². The first kappa shape index (κ1) is 11.6. The molecule has 0 fully saturated rings. The van der Waals surface area contributed by atoms with Crippen molar-refractivity contribution in [3.05, 3.63) is 46.5 Å². The minimum absolute atomic E-state index is 0.281. The minimum atomic E-state index is -0.281. The Morgan fingerprint density at radius 3 is 2.72 bits per heavy atom. The summed E-state index contributed by atoms with van der Waals surface area (Å²) in [7, 11) is 0. The Morgan fingerprint density at radius 1 is 1.17 bits per heavy atom. The number of hydrogen-bond acceptors (Lipinski definition) is 3. The van der Waals surface area contributed by atoms with Crippen molar-refractivity contribution in [2.24, 2.45) is 0 Å². The van der Waals surface area contributed by atoms with Gasteiger partial charge in [-0.2, -0.15) is 0 Å². The summed E-state index contributed by atoms with van der Waals surface area (Å²) < 4.78 is 18.2. The summed E-state index contributed by atoms with van der Waals surface area (Å²) in [4.78, 5) is 8.71. The lowest BCUT2D eigenvalue weighted by Crippen LogP contribution is -2.14. The molecule has 0 spiro atoms. The van der Waals surface area contributed by atoms with E-state index in [-0.39, 0.29) is 5.82 Å². The number of ether oxygens (including phenoxy) is 1. The molecule has 0 saturated heterocycles. The molecule has 92 valence electrons. The van der Waals surface area contributed by atoms with Gasteiger partial charge in [-0.15, -0.1) is 0 Å². The van der Waals surface area contributed by atoms with Gasteiger partial charge in [-0.1, -0.05) is 11.6 Å². The van der Waals surface area contributed by atoms with Crippen molar-refractivity contribution >= 4 is 11.6 Å². The molecule has 0 unspecified atom stereocenters. The number of benzene rings is 1. The van der Waals surface area contributed by atoms with Gasteiger partial charge >= 0.3 is 0 Å². The first-order chi connectivity index (χ1) is 8.74. The van der Waals surface area contributed by atoms with Gasteiger partial charge in [0, 0.05) is 17.5 Å². The van der Waals surface area contributed by atoms with Crippen molar-refractivity contribution in [2.75, 3.05) is 6.61 Å². The van der Waals surface area contributed by atoms with E-state index in [4.69, 9.17) is 16.3 Å². The van der Waals surface area contributed by atoms with Gasteiger partial charge in [-0.05, 0) is 24.3 Å². The molecule has 0 radical (unpaired) electrons. The van der Waals surface area contributed by atoms with E-state index in [1.165, 1.54) is 12.1 Å². The van der Waals surface area contributed by atoms with E-state index >= 15 is 0 Å². The molecule has 1 aromatic heterocycles. The van der Waals surface area contributed by atoms with Crippen LogP contribution in [0.25, 0.3) is 11.4 Å². The maximum absolute atomic E-state index is 12.9. The number of nitrogens with zero attached hydrogens (tertiary/aromatic N) is 2. The normalized spacial score (nSPS) is 14.3. The second-order valence-electron chi connectivity index (χ2n) is 4.07. The van der Waals surface area contributed by atoms with Gasteiger partial charge in [0.1, 0.15) is 11.0 Å². The van der Waals surface area contributed by atoms with Crippen LogP contribution >= 0.6 is 11.6 Å². The maximum Gasteiger partial charge on any atom is 0.161 e. The predicted molar refractivity (Wildman–Crippen MR) is 65.8 cm³/mol. The third-order valence-corrected chi connectivity index (χ3v) is 3.19. The summed E-state index contributed by atoms with van der Waals surface area (Å²) in [6.07, 6.45) is 0.728. The molecular weight excluding hydrogens is 255 g/mol. The fraction of sp³-hybridized carbons (Fsp3) is 0.231. The molecule has 1 aromatic carbocycles. The molecule has 0 saturated carbocycles. The summed E-state index contributed by atoms with van der Waals surface area (Å²) in [5.41, 5.74) is 2.53. The van der Waals surface area contributed by atoms with Crippen molar-refractivity contribution in [1.82, 2.24) is 9.97 Å². The van der Waals surface area contributed by atoms with Crippen LogP contribution in [0.2, 0.25) is 5.15 Å². The molecule has 0 amide bonds. The standard InChI is InChI=1S/C13H10ClFN2O/c14-12-10-7-18-6-5-11(10)16-13(17-12)8-1-3-9(15)4-2-8/h1-4H,5-7H2. The number of hydrogen-bond donors (Lipinski definition) is 0. The van der Waals surface area contributed by atoms with Crippen LogP contribution in [0.4, 0.5) is 4.39 Å². The molecule has 5 heteroatoms. The van der Waals surface area contributed by atoms with E-state index in [0.29, 0.717) is 24.2 Å². The molecule has 18 heavy (non-hydrogen) atoms. The van der Waals surface area contributed by atoms with Gasteiger partial charge < -0.3 is 4.74 Å².